The minimum absolute atomic E-state index is 0.103. The summed E-state index contributed by atoms with van der Waals surface area (Å²) in [5.41, 5.74) is 1.91. The molecule has 4 aromatic rings. The second-order valence-corrected chi connectivity index (χ2v) is 5.76. The van der Waals surface area contributed by atoms with E-state index in [0.717, 1.165) is 12.1 Å². The molecule has 0 amide bonds. The largest absolute Gasteiger partial charge is 0.508 e. The summed E-state index contributed by atoms with van der Waals surface area (Å²) >= 11 is 0. The number of aromatic hydroxyl groups is 1. The van der Waals surface area contributed by atoms with Crippen LogP contribution in [0, 0.1) is 0 Å². The van der Waals surface area contributed by atoms with Gasteiger partial charge in [-0.2, -0.15) is 18.3 Å². The molecular weight excluding hydrogens is 343 g/mol. The van der Waals surface area contributed by atoms with Crippen LogP contribution in [-0.2, 0) is 6.18 Å². The summed E-state index contributed by atoms with van der Waals surface area (Å²) in [6.07, 6.45) is -2.81. The van der Waals surface area contributed by atoms with Gasteiger partial charge in [0.25, 0.3) is 0 Å². The molecule has 0 atom stereocenters. The number of hydrogen-bond donors (Lipinski definition) is 1. The molecule has 0 saturated heterocycles. The molecule has 26 heavy (non-hydrogen) atoms. The van der Waals surface area contributed by atoms with Crippen LogP contribution in [-0.4, -0.2) is 19.7 Å². The predicted octanol–water partition coefficient (Wildman–Crippen LogP) is 4.79. The maximum atomic E-state index is 13.0. The molecule has 2 aromatic carbocycles. The molecule has 7 heteroatoms. The number of aromatic nitrogens is 3. The number of alkyl halides is 3. The second kappa shape index (κ2) is 5.87. The molecule has 4 nitrogen and oxygen atoms in total. The van der Waals surface area contributed by atoms with Gasteiger partial charge in [0.15, 0.2) is 5.65 Å². The first-order valence-electron chi connectivity index (χ1n) is 7.74. The maximum Gasteiger partial charge on any atom is 0.416 e. The topological polar surface area (TPSA) is 50.4 Å². The van der Waals surface area contributed by atoms with Crippen LogP contribution in [0.4, 0.5) is 13.2 Å². The van der Waals surface area contributed by atoms with Crippen LogP contribution in [0.1, 0.15) is 5.56 Å². The molecule has 0 bridgehead atoms. The zero-order valence-electron chi connectivity index (χ0n) is 13.3. The second-order valence-electron chi connectivity index (χ2n) is 5.76. The smallest absolute Gasteiger partial charge is 0.416 e. The third-order valence-corrected chi connectivity index (χ3v) is 3.99. The SMILES string of the molecule is Oc1cccc(-c2cnc3ccc(-c4cccc(C(F)(F)F)c4)nn23)c1. The molecule has 0 radical (unpaired) electrons. The van der Waals surface area contributed by atoms with Gasteiger partial charge in [-0.25, -0.2) is 9.50 Å². The Morgan fingerprint density at radius 2 is 1.65 bits per heavy atom. The first-order valence-corrected chi connectivity index (χ1v) is 7.74. The van der Waals surface area contributed by atoms with Gasteiger partial charge in [-0.15, -0.1) is 0 Å². The fourth-order valence-corrected chi connectivity index (χ4v) is 2.74. The van der Waals surface area contributed by atoms with Crippen molar-refractivity contribution in [3.8, 4) is 28.3 Å². The lowest BCUT2D eigenvalue weighted by Crippen LogP contribution is -2.05. The number of halogens is 3. The highest BCUT2D eigenvalue weighted by molar-refractivity contribution is 5.67. The number of imidazole rings is 1. The minimum Gasteiger partial charge on any atom is -0.508 e. The van der Waals surface area contributed by atoms with Gasteiger partial charge in [-0.1, -0.05) is 24.3 Å². The molecule has 0 unspecified atom stereocenters. The van der Waals surface area contributed by atoms with Crippen molar-refractivity contribution in [1.29, 1.82) is 0 Å². The van der Waals surface area contributed by atoms with Gasteiger partial charge in [0.05, 0.1) is 23.1 Å². The lowest BCUT2D eigenvalue weighted by Gasteiger charge is -2.09. The van der Waals surface area contributed by atoms with E-state index in [1.165, 1.54) is 6.07 Å². The number of fused-ring (bicyclic) bond motifs is 1. The van der Waals surface area contributed by atoms with E-state index in [-0.39, 0.29) is 5.75 Å². The zero-order valence-corrected chi connectivity index (χ0v) is 13.3. The number of hydrogen-bond acceptors (Lipinski definition) is 3. The summed E-state index contributed by atoms with van der Waals surface area (Å²) in [6, 6.07) is 15.0. The fourth-order valence-electron chi connectivity index (χ4n) is 2.74. The molecule has 0 spiro atoms. The van der Waals surface area contributed by atoms with E-state index in [4.69, 9.17) is 0 Å². The van der Waals surface area contributed by atoms with Crippen LogP contribution in [0.5, 0.6) is 5.75 Å². The highest BCUT2D eigenvalue weighted by Gasteiger charge is 2.30. The fraction of sp³-hybridized carbons (Fsp3) is 0.0526. The lowest BCUT2D eigenvalue weighted by atomic mass is 10.1. The van der Waals surface area contributed by atoms with Crippen LogP contribution < -0.4 is 0 Å². The summed E-state index contributed by atoms with van der Waals surface area (Å²) in [7, 11) is 0. The summed E-state index contributed by atoms with van der Waals surface area (Å²) in [5, 5.41) is 14.1. The Balaban J connectivity index is 1.85. The molecule has 2 aromatic heterocycles. The van der Waals surface area contributed by atoms with E-state index in [1.54, 1.807) is 53.2 Å². The predicted molar refractivity (Wildman–Crippen MR) is 90.5 cm³/mol. The summed E-state index contributed by atoms with van der Waals surface area (Å²) in [4.78, 5) is 4.26. The molecule has 4 rings (SSSR count). The van der Waals surface area contributed by atoms with E-state index in [1.807, 2.05) is 0 Å². The van der Waals surface area contributed by atoms with Crippen LogP contribution in [0.3, 0.4) is 0 Å². The number of rotatable bonds is 2. The highest BCUT2D eigenvalue weighted by Crippen LogP contribution is 2.32. The molecule has 2 heterocycles. The first-order chi connectivity index (χ1) is 12.4. The normalized spacial score (nSPS) is 11.8. The average molecular weight is 355 g/mol. The van der Waals surface area contributed by atoms with Crippen LogP contribution >= 0.6 is 0 Å². The lowest BCUT2D eigenvalue weighted by molar-refractivity contribution is -0.137. The van der Waals surface area contributed by atoms with Gasteiger partial charge in [-0.3, -0.25) is 0 Å². The summed E-state index contributed by atoms with van der Waals surface area (Å²) < 4.78 is 40.4. The molecular formula is C19H12F3N3O. The molecule has 1 N–H and O–H groups in total. The van der Waals surface area contributed by atoms with Crippen LogP contribution in [0.2, 0.25) is 0 Å². The van der Waals surface area contributed by atoms with E-state index in [2.05, 4.69) is 10.1 Å². The van der Waals surface area contributed by atoms with Crippen LogP contribution in [0.15, 0.2) is 66.9 Å². The van der Waals surface area contributed by atoms with E-state index in [9.17, 15) is 18.3 Å². The average Bonchev–Trinajstić information content (AvgIpc) is 3.04. The molecule has 0 aliphatic rings. The third kappa shape index (κ3) is 2.88. The van der Waals surface area contributed by atoms with Crippen molar-refractivity contribution in [3.05, 3.63) is 72.4 Å². The third-order valence-electron chi connectivity index (χ3n) is 3.99. The van der Waals surface area contributed by atoms with Gasteiger partial charge in [0.1, 0.15) is 5.75 Å². The van der Waals surface area contributed by atoms with E-state index < -0.39 is 11.7 Å². The Labute approximate surface area is 146 Å². The van der Waals surface area contributed by atoms with E-state index in [0.29, 0.717) is 28.2 Å². The van der Waals surface area contributed by atoms with Gasteiger partial charge in [0, 0.05) is 11.1 Å². The first kappa shape index (κ1) is 16.1. The van der Waals surface area contributed by atoms with Crippen molar-refractivity contribution in [2.75, 3.05) is 0 Å². The molecule has 0 fully saturated rings. The summed E-state index contributed by atoms with van der Waals surface area (Å²) in [6.45, 7) is 0. The van der Waals surface area contributed by atoms with E-state index >= 15 is 0 Å². The monoisotopic (exact) mass is 355 g/mol. The summed E-state index contributed by atoms with van der Waals surface area (Å²) in [5.74, 6) is 0.103. The van der Waals surface area contributed by atoms with Crippen molar-refractivity contribution in [2.24, 2.45) is 0 Å². The molecule has 0 saturated carbocycles. The van der Waals surface area contributed by atoms with Gasteiger partial charge in [-0.05, 0) is 36.4 Å². The Kier molecular flexibility index (Phi) is 3.64. The minimum atomic E-state index is -4.41. The van der Waals surface area contributed by atoms with Crippen molar-refractivity contribution < 1.29 is 18.3 Å². The van der Waals surface area contributed by atoms with Crippen molar-refractivity contribution >= 4 is 5.65 Å². The standard InChI is InChI=1S/C19H12F3N3O/c20-19(21,22)14-5-1-3-12(9-14)16-7-8-18-23-11-17(25(18)24-16)13-4-2-6-15(26)10-13/h1-11,26H. The van der Waals surface area contributed by atoms with Crippen molar-refractivity contribution in [1.82, 2.24) is 14.6 Å². The zero-order chi connectivity index (χ0) is 18.3. The van der Waals surface area contributed by atoms with Crippen molar-refractivity contribution in [2.45, 2.75) is 6.18 Å². The quantitative estimate of drug-likeness (QED) is 0.563. The Bertz CT molecular complexity index is 1100. The van der Waals surface area contributed by atoms with Gasteiger partial charge >= 0.3 is 6.18 Å². The van der Waals surface area contributed by atoms with Crippen molar-refractivity contribution in [3.63, 3.8) is 0 Å². The molecule has 0 aliphatic heterocycles. The Morgan fingerprint density at radius 3 is 2.42 bits per heavy atom. The van der Waals surface area contributed by atoms with Gasteiger partial charge < -0.3 is 5.11 Å². The Morgan fingerprint density at radius 1 is 0.885 bits per heavy atom. The number of nitrogens with zero attached hydrogens (tertiary/aromatic N) is 3. The molecule has 0 aliphatic carbocycles. The number of phenolic OH excluding ortho intramolecular Hbond substituents is 1. The molecule has 130 valence electrons. The number of phenols is 1. The van der Waals surface area contributed by atoms with Crippen LogP contribution in [0.25, 0.3) is 28.2 Å². The Hall–Kier alpha value is -3.35. The highest BCUT2D eigenvalue weighted by atomic mass is 19.4. The van der Waals surface area contributed by atoms with Gasteiger partial charge in [0.2, 0.25) is 0 Å². The maximum absolute atomic E-state index is 13.0. The number of benzene rings is 2.